The third kappa shape index (κ3) is 7.68. The molecule has 0 aromatic heterocycles. The molecule has 1 fully saturated rings. The zero-order valence-electron chi connectivity index (χ0n) is 16.5. The normalized spacial score (nSPS) is 18.1. The van der Waals surface area contributed by atoms with E-state index in [0.717, 1.165) is 29.9 Å². The van der Waals surface area contributed by atoms with E-state index >= 15 is 0 Å². The van der Waals surface area contributed by atoms with Crippen molar-refractivity contribution in [1.82, 2.24) is 4.90 Å². The van der Waals surface area contributed by atoms with Gasteiger partial charge >= 0.3 is 5.97 Å². The van der Waals surface area contributed by atoms with Crippen LogP contribution in [0.1, 0.15) is 43.7 Å². The first-order chi connectivity index (χ1) is 13.5. The number of likely N-dealkylation sites (tertiary alicyclic amines) is 1. The first kappa shape index (κ1) is 22.5. The highest BCUT2D eigenvalue weighted by Crippen LogP contribution is 2.21. The molecular weight excluding hydrogens is 374 g/mol. The number of aliphatic carboxylic acids is 1. The molecule has 1 aliphatic heterocycles. The molecule has 0 unspecified atom stereocenters. The van der Waals surface area contributed by atoms with Gasteiger partial charge in [0.05, 0.1) is 12.1 Å². The Morgan fingerprint density at radius 1 is 1.36 bits per heavy atom. The van der Waals surface area contributed by atoms with Gasteiger partial charge in [0.1, 0.15) is 0 Å². The van der Waals surface area contributed by atoms with Gasteiger partial charge in [0.25, 0.3) is 0 Å². The molecule has 0 bridgehead atoms. The number of carboxylic acids is 1. The van der Waals surface area contributed by atoms with Crippen LogP contribution in [0.15, 0.2) is 36.4 Å². The van der Waals surface area contributed by atoms with Crippen molar-refractivity contribution in [3.8, 4) is 0 Å². The highest BCUT2D eigenvalue weighted by molar-refractivity contribution is 7.99. The molecule has 0 aliphatic carbocycles. The van der Waals surface area contributed by atoms with Gasteiger partial charge in [0.2, 0.25) is 5.91 Å². The summed E-state index contributed by atoms with van der Waals surface area (Å²) >= 11 is 1.69. The van der Waals surface area contributed by atoms with E-state index in [0.29, 0.717) is 25.8 Å². The maximum atomic E-state index is 12.1. The van der Waals surface area contributed by atoms with Crippen molar-refractivity contribution < 1.29 is 19.8 Å². The summed E-state index contributed by atoms with van der Waals surface area (Å²) in [7, 11) is 0. The number of aliphatic hydroxyl groups excluding tert-OH is 1. The van der Waals surface area contributed by atoms with Crippen LogP contribution in [0, 0.1) is 0 Å². The molecule has 1 aromatic carbocycles. The summed E-state index contributed by atoms with van der Waals surface area (Å²) in [5, 5.41) is 19.0. The minimum Gasteiger partial charge on any atom is -0.481 e. The van der Waals surface area contributed by atoms with Crippen LogP contribution in [0.2, 0.25) is 0 Å². The van der Waals surface area contributed by atoms with Gasteiger partial charge < -0.3 is 15.1 Å². The van der Waals surface area contributed by atoms with Crippen LogP contribution in [-0.2, 0) is 22.4 Å². The smallest absolute Gasteiger partial charge is 0.303 e. The molecule has 1 amide bonds. The zero-order chi connectivity index (χ0) is 20.4. The summed E-state index contributed by atoms with van der Waals surface area (Å²) in [6, 6.07) is 8.32. The molecule has 2 N–H and O–H groups in total. The zero-order valence-corrected chi connectivity index (χ0v) is 17.4. The maximum absolute atomic E-state index is 12.1. The Morgan fingerprint density at radius 2 is 2.14 bits per heavy atom. The van der Waals surface area contributed by atoms with Gasteiger partial charge in [-0.15, -0.1) is 0 Å². The molecule has 0 spiro atoms. The van der Waals surface area contributed by atoms with E-state index in [1.54, 1.807) is 11.8 Å². The number of hydrogen-bond acceptors (Lipinski definition) is 4. The van der Waals surface area contributed by atoms with Gasteiger partial charge in [0.15, 0.2) is 0 Å². The number of carboxylic acid groups (broad SMARTS) is 1. The summed E-state index contributed by atoms with van der Waals surface area (Å²) in [4.78, 5) is 24.5. The quantitative estimate of drug-likeness (QED) is 0.412. The molecule has 2 atom stereocenters. The average molecular weight is 406 g/mol. The van der Waals surface area contributed by atoms with Crippen LogP contribution in [0.25, 0.3) is 0 Å². The Hall–Kier alpha value is -1.79. The van der Waals surface area contributed by atoms with Gasteiger partial charge in [-0.3, -0.25) is 9.59 Å². The number of aryl methyl sites for hydroxylation is 1. The van der Waals surface area contributed by atoms with E-state index in [1.165, 1.54) is 5.56 Å². The summed E-state index contributed by atoms with van der Waals surface area (Å²) in [6.45, 7) is 2.78. The highest BCUT2D eigenvalue weighted by Gasteiger charge is 2.28. The van der Waals surface area contributed by atoms with Crippen LogP contribution in [-0.4, -0.2) is 57.2 Å². The Bertz CT molecular complexity index is 676. The number of rotatable bonds is 12. The third-order valence-corrected chi connectivity index (χ3v) is 5.98. The highest BCUT2D eigenvalue weighted by atomic mass is 32.2. The van der Waals surface area contributed by atoms with E-state index in [4.69, 9.17) is 5.11 Å². The topological polar surface area (TPSA) is 77.8 Å². The van der Waals surface area contributed by atoms with Gasteiger partial charge in [-0.1, -0.05) is 43.3 Å². The second kappa shape index (κ2) is 11.9. The fourth-order valence-corrected chi connectivity index (χ4v) is 4.26. The summed E-state index contributed by atoms with van der Waals surface area (Å²) in [5.41, 5.74) is 2.38. The lowest BCUT2D eigenvalue weighted by Gasteiger charge is -2.22. The van der Waals surface area contributed by atoms with E-state index in [1.807, 2.05) is 29.2 Å². The van der Waals surface area contributed by atoms with Gasteiger partial charge in [-0.05, 0) is 36.1 Å². The van der Waals surface area contributed by atoms with Gasteiger partial charge in [-0.25, -0.2) is 0 Å². The van der Waals surface area contributed by atoms with Crippen LogP contribution >= 0.6 is 11.8 Å². The number of carbonyl (C=O) groups excluding carboxylic acids is 1. The predicted molar refractivity (Wildman–Crippen MR) is 114 cm³/mol. The number of amides is 1. The van der Waals surface area contributed by atoms with Crippen LogP contribution in [0.3, 0.4) is 0 Å². The standard InChI is InChI=1S/C22H31NO4S/c1-2-17-5-3-6-18(15-17)16-20(24)10-8-19-9-11-21(25)23(19)12-14-28-13-4-7-22(26)27/h3,5-6,8,10,15,19-20,24H,2,4,7,9,11-14,16H2,1H3,(H,26,27)/b10-8+/t19-,20+/m0/s1. The van der Waals surface area contributed by atoms with Crippen molar-refractivity contribution in [2.45, 2.75) is 57.6 Å². The van der Waals surface area contributed by atoms with Crippen LogP contribution < -0.4 is 0 Å². The first-order valence-corrected chi connectivity index (χ1v) is 11.2. The lowest BCUT2D eigenvalue weighted by molar-refractivity contribution is -0.137. The maximum Gasteiger partial charge on any atom is 0.303 e. The Balaban J connectivity index is 1.78. The van der Waals surface area contributed by atoms with Crippen molar-refractivity contribution in [2.75, 3.05) is 18.1 Å². The second-order valence-electron chi connectivity index (χ2n) is 7.13. The second-order valence-corrected chi connectivity index (χ2v) is 8.36. The van der Waals surface area contributed by atoms with E-state index in [2.05, 4.69) is 19.1 Å². The Morgan fingerprint density at radius 3 is 2.89 bits per heavy atom. The Labute approximate surface area is 171 Å². The summed E-state index contributed by atoms with van der Waals surface area (Å²) < 4.78 is 0. The number of hydrogen-bond donors (Lipinski definition) is 2. The molecule has 0 saturated carbocycles. The van der Waals surface area contributed by atoms with Crippen molar-refractivity contribution >= 4 is 23.6 Å². The van der Waals surface area contributed by atoms with Crippen molar-refractivity contribution in [3.63, 3.8) is 0 Å². The largest absolute Gasteiger partial charge is 0.481 e. The Kier molecular flexibility index (Phi) is 9.58. The van der Waals surface area contributed by atoms with Gasteiger partial charge in [0, 0.05) is 31.6 Å². The molecule has 6 heteroatoms. The number of benzene rings is 1. The predicted octanol–water partition coefficient (Wildman–Crippen LogP) is 3.30. The van der Waals surface area contributed by atoms with E-state index in [9.17, 15) is 14.7 Å². The minimum absolute atomic E-state index is 0.0451. The van der Waals surface area contributed by atoms with Crippen molar-refractivity contribution in [3.05, 3.63) is 47.5 Å². The summed E-state index contributed by atoms with van der Waals surface area (Å²) in [5.74, 6) is 0.998. The molecule has 28 heavy (non-hydrogen) atoms. The first-order valence-electron chi connectivity index (χ1n) is 10.0. The summed E-state index contributed by atoms with van der Waals surface area (Å²) in [6.07, 6.45) is 6.96. The number of aliphatic hydroxyl groups is 1. The number of nitrogens with zero attached hydrogens (tertiary/aromatic N) is 1. The van der Waals surface area contributed by atoms with E-state index in [-0.39, 0.29) is 18.4 Å². The molecular formula is C22H31NO4S. The van der Waals surface area contributed by atoms with Crippen molar-refractivity contribution in [1.29, 1.82) is 0 Å². The van der Waals surface area contributed by atoms with Gasteiger partial charge in [-0.2, -0.15) is 11.8 Å². The minimum atomic E-state index is -0.763. The average Bonchev–Trinajstić information content (AvgIpc) is 3.02. The molecule has 2 rings (SSSR count). The lowest BCUT2D eigenvalue weighted by Crippen LogP contribution is -2.34. The SMILES string of the molecule is CCc1cccc(C[C@H](O)/C=C/[C@H]2CCC(=O)N2CCSCCCC(=O)O)c1. The molecule has 5 nitrogen and oxygen atoms in total. The third-order valence-electron chi connectivity index (χ3n) is 4.93. The lowest BCUT2D eigenvalue weighted by atomic mass is 10.0. The fourth-order valence-electron chi connectivity index (χ4n) is 3.38. The molecule has 154 valence electrons. The molecule has 1 aromatic rings. The molecule has 1 aliphatic rings. The fraction of sp³-hybridized carbons (Fsp3) is 0.545. The van der Waals surface area contributed by atoms with E-state index < -0.39 is 12.1 Å². The molecule has 0 radical (unpaired) electrons. The molecule has 1 saturated heterocycles. The monoisotopic (exact) mass is 405 g/mol. The number of carbonyl (C=O) groups is 2. The number of thioether (sulfide) groups is 1. The van der Waals surface area contributed by atoms with Crippen LogP contribution in [0.5, 0.6) is 0 Å². The van der Waals surface area contributed by atoms with Crippen molar-refractivity contribution in [2.24, 2.45) is 0 Å². The molecule has 1 heterocycles. The van der Waals surface area contributed by atoms with Crippen LogP contribution in [0.4, 0.5) is 0 Å².